The molecular formula is C12H17N3O2. The van der Waals surface area contributed by atoms with Crippen LogP contribution in [0.25, 0.3) is 0 Å². The molecule has 0 radical (unpaired) electrons. The Balaban J connectivity index is 2.00. The number of benzene rings is 1. The Morgan fingerprint density at radius 3 is 3.18 bits per heavy atom. The van der Waals surface area contributed by atoms with E-state index in [0.717, 1.165) is 30.1 Å². The molecule has 92 valence electrons. The maximum atomic E-state index is 11.2. The molecule has 1 aliphatic rings. The van der Waals surface area contributed by atoms with E-state index in [4.69, 9.17) is 10.5 Å². The van der Waals surface area contributed by atoms with Gasteiger partial charge in [-0.3, -0.25) is 4.79 Å². The topological polar surface area (TPSA) is 76.4 Å². The smallest absolute Gasteiger partial charge is 0.262 e. The van der Waals surface area contributed by atoms with Crippen LogP contribution in [-0.4, -0.2) is 25.1 Å². The van der Waals surface area contributed by atoms with Gasteiger partial charge in [-0.25, -0.2) is 0 Å². The first kappa shape index (κ1) is 11.9. The molecule has 1 heterocycles. The number of anilines is 1. The summed E-state index contributed by atoms with van der Waals surface area (Å²) in [6.45, 7) is 3.54. The molecule has 0 saturated carbocycles. The third kappa shape index (κ3) is 3.18. The molecular weight excluding hydrogens is 218 g/mol. The van der Waals surface area contributed by atoms with E-state index in [1.165, 1.54) is 0 Å². The standard InChI is InChI=1S/C12H17N3O2/c1-8(13)5-14-6-9-2-3-11-10(4-9)15-12(16)7-17-11/h2-4,8,14H,5-7,13H2,1H3,(H,15,16). The fourth-order valence-corrected chi connectivity index (χ4v) is 1.68. The highest BCUT2D eigenvalue weighted by Crippen LogP contribution is 2.28. The summed E-state index contributed by atoms with van der Waals surface area (Å²) in [6, 6.07) is 5.90. The van der Waals surface area contributed by atoms with Crippen molar-refractivity contribution in [3.8, 4) is 5.75 Å². The molecule has 1 aromatic carbocycles. The summed E-state index contributed by atoms with van der Waals surface area (Å²) in [5.41, 5.74) is 7.48. The molecule has 0 aliphatic carbocycles. The predicted octanol–water partition coefficient (Wildman–Crippen LogP) is 0.454. The second-order valence-electron chi connectivity index (χ2n) is 4.28. The van der Waals surface area contributed by atoms with Gasteiger partial charge in [0.15, 0.2) is 6.61 Å². The quantitative estimate of drug-likeness (QED) is 0.708. The zero-order valence-corrected chi connectivity index (χ0v) is 9.82. The maximum Gasteiger partial charge on any atom is 0.262 e. The molecule has 1 aromatic rings. The van der Waals surface area contributed by atoms with Crippen molar-refractivity contribution >= 4 is 11.6 Å². The van der Waals surface area contributed by atoms with Gasteiger partial charge in [0.05, 0.1) is 5.69 Å². The number of nitrogens with two attached hydrogens (primary N) is 1. The van der Waals surface area contributed by atoms with Crippen LogP contribution < -0.4 is 21.1 Å². The Bertz CT molecular complexity index is 418. The Labute approximate surface area is 100 Å². The predicted molar refractivity (Wildman–Crippen MR) is 65.9 cm³/mol. The van der Waals surface area contributed by atoms with Crippen molar-refractivity contribution < 1.29 is 9.53 Å². The fourth-order valence-electron chi connectivity index (χ4n) is 1.68. The Hall–Kier alpha value is -1.59. The number of amides is 1. The van der Waals surface area contributed by atoms with Crippen molar-refractivity contribution in [2.75, 3.05) is 18.5 Å². The highest BCUT2D eigenvalue weighted by Gasteiger charge is 2.15. The molecule has 1 amide bonds. The monoisotopic (exact) mass is 235 g/mol. The van der Waals surface area contributed by atoms with Gasteiger partial charge in [-0.2, -0.15) is 0 Å². The lowest BCUT2D eigenvalue weighted by Crippen LogP contribution is -2.30. The number of carbonyl (C=O) groups excluding carboxylic acids is 1. The van der Waals surface area contributed by atoms with Gasteiger partial charge < -0.3 is 21.1 Å². The Morgan fingerprint density at radius 1 is 1.59 bits per heavy atom. The average Bonchev–Trinajstić information content (AvgIpc) is 2.28. The van der Waals surface area contributed by atoms with Crippen LogP contribution in [-0.2, 0) is 11.3 Å². The van der Waals surface area contributed by atoms with Gasteiger partial charge >= 0.3 is 0 Å². The van der Waals surface area contributed by atoms with E-state index in [2.05, 4.69) is 10.6 Å². The largest absolute Gasteiger partial charge is 0.482 e. The molecule has 0 fully saturated rings. The first-order valence-corrected chi connectivity index (χ1v) is 5.67. The molecule has 2 rings (SSSR count). The molecule has 1 aliphatic heterocycles. The summed E-state index contributed by atoms with van der Waals surface area (Å²) in [6.07, 6.45) is 0. The van der Waals surface area contributed by atoms with Crippen LogP contribution in [0.3, 0.4) is 0 Å². The van der Waals surface area contributed by atoms with Crippen molar-refractivity contribution in [3.63, 3.8) is 0 Å². The zero-order chi connectivity index (χ0) is 12.3. The second kappa shape index (κ2) is 5.16. The van der Waals surface area contributed by atoms with Crippen LogP contribution in [0.2, 0.25) is 0 Å². The molecule has 1 atom stereocenters. The van der Waals surface area contributed by atoms with Crippen molar-refractivity contribution in [2.24, 2.45) is 5.73 Å². The molecule has 1 unspecified atom stereocenters. The lowest BCUT2D eigenvalue weighted by atomic mass is 10.1. The number of nitrogens with one attached hydrogen (secondary N) is 2. The number of carbonyl (C=O) groups is 1. The minimum Gasteiger partial charge on any atom is -0.482 e. The zero-order valence-electron chi connectivity index (χ0n) is 9.82. The summed E-state index contributed by atoms with van der Waals surface area (Å²) in [5.74, 6) is 0.610. The van der Waals surface area contributed by atoms with E-state index in [0.29, 0.717) is 0 Å². The molecule has 5 nitrogen and oxygen atoms in total. The average molecular weight is 235 g/mol. The first-order chi connectivity index (χ1) is 8.15. The summed E-state index contributed by atoms with van der Waals surface area (Å²) < 4.78 is 5.28. The van der Waals surface area contributed by atoms with Crippen molar-refractivity contribution in [1.29, 1.82) is 0 Å². The van der Waals surface area contributed by atoms with Crippen molar-refractivity contribution in [2.45, 2.75) is 19.5 Å². The number of hydrogen-bond donors (Lipinski definition) is 3. The lowest BCUT2D eigenvalue weighted by molar-refractivity contribution is -0.118. The molecule has 0 spiro atoms. The molecule has 5 heteroatoms. The second-order valence-corrected chi connectivity index (χ2v) is 4.28. The van der Waals surface area contributed by atoms with Gasteiger partial charge in [0.2, 0.25) is 0 Å². The number of rotatable bonds is 4. The number of hydrogen-bond acceptors (Lipinski definition) is 4. The molecule has 0 aromatic heterocycles. The van der Waals surface area contributed by atoms with E-state index in [1.807, 2.05) is 25.1 Å². The summed E-state index contributed by atoms with van der Waals surface area (Å²) >= 11 is 0. The third-order valence-corrected chi connectivity index (χ3v) is 2.47. The Kier molecular flexibility index (Phi) is 3.61. The van der Waals surface area contributed by atoms with Gasteiger partial charge in [0.25, 0.3) is 5.91 Å². The summed E-state index contributed by atoms with van der Waals surface area (Å²) in [5, 5.41) is 6.02. The molecule has 0 saturated heterocycles. The SMILES string of the molecule is CC(N)CNCc1ccc2c(c1)NC(=O)CO2. The summed E-state index contributed by atoms with van der Waals surface area (Å²) in [4.78, 5) is 11.2. The van der Waals surface area contributed by atoms with Crippen LogP contribution in [0, 0.1) is 0 Å². The van der Waals surface area contributed by atoms with Gasteiger partial charge in [-0.1, -0.05) is 6.07 Å². The van der Waals surface area contributed by atoms with E-state index >= 15 is 0 Å². The van der Waals surface area contributed by atoms with Gasteiger partial charge in [0, 0.05) is 19.1 Å². The Morgan fingerprint density at radius 2 is 2.41 bits per heavy atom. The van der Waals surface area contributed by atoms with Crippen LogP contribution in [0.5, 0.6) is 5.75 Å². The van der Waals surface area contributed by atoms with Crippen molar-refractivity contribution in [1.82, 2.24) is 5.32 Å². The lowest BCUT2D eigenvalue weighted by Gasteiger charge is -2.18. The molecule has 17 heavy (non-hydrogen) atoms. The minimum absolute atomic E-state index is 0.0925. The van der Waals surface area contributed by atoms with E-state index in [9.17, 15) is 4.79 Å². The third-order valence-electron chi connectivity index (χ3n) is 2.47. The molecule has 4 N–H and O–H groups in total. The van der Waals surface area contributed by atoms with Crippen LogP contribution in [0.1, 0.15) is 12.5 Å². The van der Waals surface area contributed by atoms with Crippen molar-refractivity contribution in [3.05, 3.63) is 23.8 Å². The highest BCUT2D eigenvalue weighted by atomic mass is 16.5. The van der Waals surface area contributed by atoms with E-state index in [1.54, 1.807) is 0 Å². The van der Waals surface area contributed by atoms with Gasteiger partial charge in [0.1, 0.15) is 5.75 Å². The normalized spacial score (nSPS) is 15.8. The minimum atomic E-state index is -0.113. The fraction of sp³-hybridized carbons (Fsp3) is 0.417. The van der Waals surface area contributed by atoms with E-state index in [-0.39, 0.29) is 18.6 Å². The molecule has 0 bridgehead atoms. The van der Waals surface area contributed by atoms with Crippen LogP contribution >= 0.6 is 0 Å². The van der Waals surface area contributed by atoms with Gasteiger partial charge in [-0.15, -0.1) is 0 Å². The number of ether oxygens (including phenoxy) is 1. The number of fused-ring (bicyclic) bond motifs is 1. The van der Waals surface area contributed by atoms with Crippen LogP contribution in [0.15, 0.2) is 18.2 Å². The van der Waals surface area contributed by atoms with Crippen LogP contribution in [0.4, 0.5) is 5.69 Å². The highest BCUT2D eigenvalue weighted by molar-refractivity contribution is 5.95. The summed E-state index contributed by atoms with van der Waals surface area (Å²) in [7, 11) is 0. The van der Waals surface area contributed by atoms with Gasteiger partial charge in [-0.05, 0) is 24.6 Å². The first-order valence-electron chi connectivity index (χ1n) is 5.67. The van der Waals surface area contributed by atoms with E-state index < -0.39 is 0 Å². The maximum absolute atomic E-state index is 11.2.